The van der Waals surface area contributed by atoms with E-state index >= 15 is 0 Å². The van der Waals surface area contributed by atoms with Crippen molar-refractivity contribution in [2.75, 3.05) is 18.2 Å². The lowest BCUT2D eigenvalue weighted by atomic mass is 10.2. The number of hydrogen-bond acceptors (Lipinski definition) is 5. The average molecular weight is 423 g/mol. The zero-order valence-corrected chi connectivity index (χ0v) is 17.3. The molecule has 0 unspecified atom stereocenters. The molecule has 30 heavy (non-hydrogen) atoms. The number of ether oxygens (including phenoxy) is 1. The third-order valence-corrected chi connectivity index (χ3v) is 5.58. The van der Waals surface area contributed by atoms with Gasteiger partial charge in [-0.2, -0.15) is 0 Å². The molecule has 3 aromatic rings. The van der Waals surface area contributed by atoms with Crippen molar-refractivity contribution in [1.82, 2.24) is 14.9 Å². The lowest BCUT2D eigenvalue weighted by Gasteiger charge is -2.09. The molecule has 2 N–H and O–H groups in total. The van der Waals surface area contributed by atoms with Gasteiger partial charge in [0.2, 0.25) is 5.91 Å². The summed E-state index contributed by atoms with van der Waals surface area (Å²) in [6.07, 6.45) is 5.62. The first-order chi connectivity index (χ1) is 14.6. The Kier molecular flexibility index (Phi) is 6.04. The van der Waals surface area contributed by atoms with E-state index in [1.165, 1.54) is 11.8 Å². The summed E-state index contributed by atoms with van der Waals surface area (Å²) in [5, 5.41) is 6.51. The first-order valence-corrected chi connectivity index (χ1v) is 10.6. The van der Waals surface area contributed by atoms with Gasteiger partial charge < -0.3 is 15.4 Å². The SMILES string of the molecule is COc1ccc(-n2ccnc2SCC(=O)Nc2cccc(C(=O)NC3CC3)c2)cc1. The molecule has 7 nitrogen and oxygen atoms in total. The van der Waals surface area contributed by atoms with Crippen LogP contribution in [-0.4, -0.2) is 40.3 Å². The zero-order chi connectivity index (χ0) is 20.9. The Morgan fingerprint density at radius 1 is 1.20 bits per heavy atom. The van der Waals surface area contributed by atoms with Crippen molar-refractivity contribution in [1.29, 1.82) is 0 Å². The smallest absolute Gasteiger partial charge is 0.251 e. The Morgan fingerprint density at radius 2 is 2.00 bits per heavy atom. The summed E-state index contributed by atoms with van der Waals surface area (Å²) < 4.78 is 7.11. The molecule has 0 aliphatic heterocycles. The monoisotopic (exact) mass is 422 g/mol. The van der Waals surface area contributed by atoms with Crippen LogP contribution in [0.5, 0.6) is 5.75 Å². The standard InChI is InChI=1S/C22H22N4O3S/c1-29-19-9-7-18(8-10-19)26-12-11-23-22(26)30-14-20(27)24-17-4-2-3-15(13-17)21(28)25-16-5-6-16/h2-4,7-13,16H,5-6,14H2,1H3,(H,24,27)(H,25,28). The Bertz CT molecular complexity index is 1040. The zero-order valence-electron chi connectivity index (χ0n) is 16.5. The summed E-state index contributed by atoms with van der Waals surface area (Å²) in [5.41, 5.74) is 2.08. The van der Waals surface area contributed by atoms with Crippen molar-refractivity contribution in [2.45, 2.75) is 24.0 Å². The summed E-state index contributed by atoms with van der Waals surface area (Å²) >= 11 is 1.34. The van der Waals surface area contributed by atoms with Gasteiger partial charge >= 0.3 is 0 Å². The number of carbonyl (C=O) groups excluding carboxylic acids is 2. The summed E-state index contributed by atoms with van der Waals surface area (Å²) in [4.78, 5) is 28.9. The molecule has 8 heteroatoms. The molecule has 1 saturated carbocycles. The van der Waals surface area contributed by atoms with E-state index < -0.39 is 0 Å². The second-order valence-electron chi connectivity index (χ2n) is 6.94. The van der Waals surface area contributed by atoms with Gasteiger partial charge in [0.05, 0.1) is 12.9 Å². The highest BCUT2D eigenvalue weighted by molar-refractivity contribution is 7.99. The first kappa shape index (κ1) is 20.0. The van der Waals surface area contributed by atoms with E-state index in [4.69, 9.17) is 4.74 Å². The molecule has 1 fully saturated rings. The highest BCUT2D eigenvalue weighted by Gasteiger charge is 2.23. The number of amides is 2. The van der Waals surface area contributed by atoms with Crippen molar-refractivity contribution >= 4 is 29.3 Å². The fraction of sp³-hybridized carbons (Fsp3) is 0.227. The number of hydrogen-bond donors (Lipinski definition) is 2. The molecule has 0 radical (unpaired) electrons. The number of nitrogens with one attached hydrogen (secondary N) is 2. The van der Waals surface area contributed by atoms with E-state index in [0.717, 1.165) is 24.3 Å². The number of benzene rings is 2. The normalized spacial score (nSPS) is 13.0. The maximum Gasteiger partial charge on any atom is 0.251 e. The molecule has 1 aliphatic rings. The fourth-order valence-electron chi connectivity index (χ4n) is 2.90. The van der Waals surface area contributed by atoms with Crippen LogP contribution in [0.4, 0.5) is 5.69 Å². The lowest BCUT2D eigenvalue weighted by Crippen LogP contribution is -2.25. The van der Waals surface area contributed by atoms with E-state index in [0.29, 0.717) is 22.4 Å². The molecular formula is C22H22N4O3S. The van der Waals surface area contributed by atoms with Crippen molar-refractivity contribution in [3.8, 4) is 11.4 Å². The summed E-state index contributed by atoms with van der Waals surface area (Å²) in [6.45, 7) is 0. The van der Waals surface area contributed by atoms with E-state index in [1.807, 2.05) is 35.0 Å². The fourth-order valence-corrected chi connectivity index (χ4v) is 3.67. The van der Waals surface area contributed by atoms with E-state index in [9.17, 15) is 9.59 Å². The van der Waals surface area contributed by atoms with Crippen molar-refractivity contribution in [3.63, 3.8) is 0 Å². The van der Waals surface area contributed by atoms with Gasteiger partial charge in [-0.25, -0.2) is 4.98 Å². The summed E-state index contributed by atoms with van der Waals surface area (Å²) in [5.74, 6) is 0.708. The highest BCUT2D eigenvalue weighted by Crippen LogP contribution is 2.23. The van der Waals surface area contributed by atoms with Gasteiger partial charge in [-0.3, -0.25) is 14.2 Å². The van der Waals surface area contributed by atoms with E-state index in [2.05, 4.69) is 15.6 Å². The lowest BCUT2D eigenvalue weighted by molar-refractivity contribution is -0.113. The third-order valence-electron chi connectivity index (χ3n) is 4.61. The minimum atomic E-state index is -0.163. The number of anilines is 1. The van der Waals surface area contributed by atoms with Gasteiger partial charge in [-0.05, 0) is 55.3 Å². The van der Waals surface area contributed by atoms with Crippen molar-refractivity contribution in [2.24, 2.45) is 0 Å². The summed E-state index contributed by atoms with van der Waals surface area (Å²) in [6, 6.07) is 14.9. The maximum atomic E-state index is 12.4. The Labute approximate surface area is 178 Å². The second-order valence-corrected chi connectivity index (χ2v) is 7.89. The van der Waals surface area contributed by atoms with Crippen LogP contribution in [0.1, 0.15) is 23.2 Å². The van der Waals surface area contributed by atoms with Crippen LogP contribution >= 0.6 is 11.8 Å². The number of aromatic nitrogens is 2. The van der Waals surface area contributed by atoms with E-state index in [-0.39, 0.29) is 17.6 Å². The Hall–Kier alpha value is -3.26. The van der Waals surface area contributed by atoms with Gasteiger partial charge in [-0.15, -0.1) is 0 Å². The molecule has 2 aromatic carbocycles. The maximum absolute atomic E-state index is 12.4. The van der Waals surface area contributed by atoms with Crippen LogP contribution in [0, 0.1) is 0 Å². The van der Waals surface area contributed by atoms with Crippen LogP contribution in [0.25, 0.3) is 5.69 Å². The molecule has 0 spiro atoms. The predicted octanol–water partition coefficient (Wildman–Crippen LogP) is 3.50. The van der Waals surface area contributed by atoms with Gasteiger partial charge in [0.15, 0.2) is 5.16 Å². The molecule has 2 amide bonds. The van der Waals surface area contributed by atoms with E-state index in [1.54, 1.807) is 37.6 Å². The van der Waals surface area contributed by atoms with Gasteiger partial charge in [0, 0.05) is 35.4 Å². The number of carbonyl (C=O) groups is 2. The van der Waals surface area contributed by atoms with Crippen molar-refractivity contribution < 1.29 is 14.3 Å². The van der Waals surface area contributed by atoms with Gasteiger partial charge in [-0.1, -0.05) is 17.8 Å². The molecule has 4 rings (SSSR count). The molecule has 1 heterocycles. The van der Waals surface area contributed by atoms with Crippen LogP contribution in [0.2, 0.25) is 0 Å². The highest BCUT2D eigenvalue weighted by atomic mass is 32.2. The Morgan fingerprint density at radius 3 is 2.73 bits per heavy atom. The number of imidazole rings is 1. The molecule has 0 bridgehead atoms. The molecule has 0 saturated heterocycles. The topological polar surface area (TPSA) is 85.2 Å². The first-order valence-electron chi connectivity index (χ1n) is 9.64. The number of methoxy groups -OCH3 is 1. The van der Waals surface area contributed by atoms with Crippen LogP contribution in [0.3, 0.4) is 0 Å². The predicted molar refractivity (Wildman–Crippen MR) is 116 cm³/mol. The summed E-state index contributed by atoms with van der Waals surface area (Å²) in [7, 11) is 1.63. The number of thioether (sulfide) groups is 1. The minimum absolute atomic E-state index is 0.107. The van der Waals surface area contributed by atoms with Gasteiger partial charge in [0.25, 0.3) is 5.91 Å². The van der Waals surface area contributed by atoms with Crippen molar-refractivity contribution in [3.05, 3.63) is 66.5 Å². The molecular weight excluding hydrogens is 400 g/mol. The minimum Gasteiger partial charge on any atom is -0.497 e. The molecule has 0 atom stereocenters. The third kappa shape index (κ3) is 5.01. The molecule has 1 aliphatic carbocycles. The van der Waals surface area contributed by atoms with Gasteiger partial charge in [0.1, 0.15) is 5.75 Å². The van der Waals surface area contributed by atoms with Crippen LogP contribution < -0.4 is 15.4 Å². The quantitative estimate of drug-likeness (QED) is 0.543. The second kappa shape index (κ2) is 9.04. The average Bonchev–Trinajstić information content (AvgIpc) is 3.46. The molecule has 154 valence electrons. The largest absolute Gasteiger partial charge is 0.497 e. The number of nitrogens with zero attached hydrogens (tertiary/aromatic N) is 2. The molecule has 1 aromatic heterocycles. The Balaban J connectivity index is 1.35. The van der Waals surface area contributed by atoms with Crippen LogP contribution in [0.15, 0.2) is 66.1 Å². The van der Waals surface area contributed by atoms with Crippen LogP contribution in [-0.2, 0) is 4.79 Å². The number of rotatable bonds is 8.